The van der Waals surface area contributed by atoms with Gasteiger partial charge < -0.3 is 17.7 Å². The summed E-state index contributed by atoms with van der Waals surface area (Å²) in [6.07, 6.45) is 0. The van der Waals surface area contributed by atoms with Crippen molar-refractivity contribution in [3.8, 4) is 56.7 Å². The van der Waals surface area contributed by atoms with E-state index < -0.39 is 0 Å². The van der Waals surface area contributed by atoms with Crippen molar-refractivity contribution in [2.45, 2.75) is 0 Å². The van der Waals surface area contributed by atoms with Crippen LogP contribution in [0.5, 0.6) is 0 Å². The molecule has 0 saturated heterocycles. The Balaban J connectivity index is 0.000000127. The van der Waals surface area contributed by atoms with Gasteiger partial charge in [0.1, 0.15) is 44.7 Å². The van der Waals surface area contributed by atoms with Crippen molar-refractivity contribution in [2.24, 2.45) is 0 Å². The van der Waals surface area contributed by atoms with Gasteiger partial charge in [0.25, 0.3) is 0 Å². The van der Waals surface area contributed by atoms with Gasteiger partial charge in [0, 0.05) is 85.2 Å². The molecule has 112 heavy (non-hydrogen) atoms. The fraction of sp³-hybridized carbons (Fsp3) is 0. The molecule has 26 rings (SSSR count). The van der Waals surface area contributed by atoms with Gasteiger partial charge in [-0.2, -0.15) is 0 Å². The van der Waals surface area contributed by atoms with E-state index in [0.29, 0.717) is 11.9 Å². The maximum absolute atomic E-state index is 6.87. The summed E-state index contributed by atoms with van der Waals surface area (Å²) in [4.78, 5) is 21.8. The van der Waals surface area contributed by atoms with Crippen LogP contribution in [0.25, 0.3) is 250 Å². The third kappa shape index (κ3) is 8.95. The first-order valence-corrected chi connectivity index (χ1v) is 39.1. The zero-order chi connectivity index (χ0) is 73.0. The van der Waals surface area contributed by atoms with Crippen molar-refractivity contribution in [3.05, 3.63) is 328 Å². The standard InChI is InChI=1S/2C50H27N3O2S/c1-2-11-28(12-3-1)29-21-23-31-30(27-29)22-26-41-43(31)36-24-25-39-44(48(36)55-41)34-14-4-7-18-38(34)53(39)50-51-45-35-15-6-9-20-42(35)56-49(45)46(52-50)37-17-10-16-33-32-13-5-8-19-40(32)54-47(33)37;1-2-10-28(11-3-1)29-18-21-32-30(26-29)20-25-41-44(32)37-23-24-39-45(48(37)55-41)35-13-4-7-15-38(35)53(39)50-51-46(49-47(52-50)36-14-6-9-17-43(36)56-49)31-19-22-34-33-12-5-8-16-40(33)54-42(34)27-31/h2*1-27H. The smallest absolute Gasteiger partial charge is 0.235 e. The summed E-state index contributed by atoms with van der Waals surface area (Å²) in [5.41, 5.74) is 21.2. The molecule has 12 heteroatoms. The maximum atomic E-state index is 6.87. The van der Waals surface area contributed by atoms with Crippen LogP contribution in [0.15, 0.2) is 345 Å². The topological polar surface area (TPSA) is 114 Å². The summed E-state index contributed by atoms with van der Waals surface area (Å²) in [5.74, 6) is 1.21. The van der Waals surface area contributed by atoms with E-state index in [0.717, 1.165) is 185 Å². The van der Waals surface area contributed by atoms with Gasteiger partial charge >= 0.3 is 0 Å². The minimum Gasteiger partial charge on any atom is -0.456 e. The molecule has 10 aromatic heterocycles. The first-order valence-electron chi connectivity index (χ1n) is 37.5. The number of para-hydroxylation sites is 5. The normalized spacial score (nSPS) is 12.3. The summed E-state index contributed by atoms with van der Waals surface area (Å²) >= 11 is 3.46. The minimum atomic E-state index is 0.602. The molecule has 10 heterocycles. The predicted octanol–water partition coefficient (Wildman–Crippen LogP) is 28.5. The Hall–Kier alpha value is -14.6. The van der Waals surface area contributed by atoms with Gasteiger partial charge in [0.2, 0.25) is 11.9 Å². The van der Waals surface area contributed by atoms with Crippen molar-refractivity contribution >= 4 is 216 Å². The quantitative estimate of drug-likeness (QED) is 0.162. The second-order valence-electron chi connectivity index (χ2n) is 28.9. The SMILES string of the molecule is c1ccc(-c2ccc3c(ccc4oc5c(ccc6c5c5ccccc5n6-c5nc(-c6ccc7c(c6)oc6ccccc67)c6sc7ccccc7c6n5)c43)c2)cc1.c1ccc(-c2ccc3c(ccc4oc5c(ccc6c5c5ccccc5n6-c5nc(-c6cccc7c6oc6ccccc67)c6sc7ccccc7c6n5)c43)c2)cc1. The van der Waals surface area contributed by atoms with Crippen molar-refractivity contribution in [1.29, 1.82) is 0 Å². The lowest BCUT2D eigenvalue weighted by Crippen LogP contribution is -2.02. The number of furan rings is 4. The molecule has 0 radical (unpaired) electrons. The highest BCUT2D eigenvalue weighted by molar-refractivity contribution is 7.26. The number of fused-ring (bicyclic) bond motifs is 30. The second kappa shape index (κ2) is 23.5. The number of hydrogen-bond acceptors (Lipinski definition) is 10. The highest BCUT2D eigenvalue weighted by atomic mass is 32.1. The summed E-state index contributed by atoms with van der Waals surface area (Å²) in [6, 6.07) is 115. The summed E-state index contributed by atoms with van der Waals surface area (Å²) in [7, 11) is 0. The van der Waals surface area contributed by atoms with Crippen LogP contribution in [-0.4, -0.2) is 29.1 Å². The van der Waals surface area contributed by atoms with Crippen LogP contribution in [-0.2, 0) is 0 Å². The molecule has 0 bridgehead atoms. The molecule has 26 aromatic rings. The fourth-order valence-corrected chi connectivity index (χ4v) is 20.1. The largest absolute Gasteiger partial charge is 0.456 e. The van der Waals surface area contributed by atoms with Crippen molar-refractivity contribution in [2.75, 3.05) is 0 Å². The second-order valence-corrected chi connectivity index (χ2v) is 31.1. The van der Waals surface area contributed by atoms with Crippen LogP contribution >= 0.6 is 22.7 Å². The Morgan fingerprint density at radius 3 is 1.23 bits per heavy atom. The molecule has 0 amide bonds. The van der Waals surface area contributed by atoms with Crippen LogP contribution in [0.3, 0.4) is 0 Å². The van der Waals surface area contributed by atoms with Crippen LogP contribution < -0.4 is 0 Å². The van der Waals surface area contributed by atoms with E-state index in [2.05, 4.69) is 312 Å². The lowest BCUT2D eigenvalue weighted by molar-refractivity contribution is 0.669. The van der Waals surface area contributed by atoms with Crippen LogP contribution in [0.2, 0.25) is 0 Å². The van der Waals surface area contributed by atoms with Crippen molar-refractivity contribution in [3.63, 3.8) is 0 Å². The predicted molar refractivity (Wildman–Crippen MR) is 464 cm³/mol. The molecule has 0 N–H and O–H groups in total. The van der Waals surface area contributed by atoms with Gasteiger partial charge in [-0.25, -0.2) is 19.9 Å². The Morgan fingerprint density at radius 1 is 0.232 bits per heavy atom. The fourth-order valence-electron chi connectivity index (χ4n) is 17.8. The highest BCUT2D eigenvalue weighted by Gasteiger charge is 2.28. The minimum absolute atomic E-state index is 0.602. The molecule has 0 spiro atoms. The van der Waals surface area contributed by atoms with Gasteiger partial charge in [0.15, 0.2) is 0 Å². The van der Waals surface area contributed by atoms with Gasteiger partial charge in [-0.15, -0.1) is 22.7 Å². The molecule has 0 aliphatic carbocycles. The molecular weight excluding hydrogens is 1410 g/mol. The Morgan fingerprint density at radius 2 is 0.661 bits per heavy atom. The van der Waals surface area contributed by atoms with Crippen molar-refractivity contribution in [1.82, 2.24) is 29.1 Å². The average Bonchev–Trinajstić information content (AvgIpc) is 1.55. The molecule has 0 aliphatic heterocycles. The molecule has 0 atom stereocenters. The number of rotatable bonds is 6. The molecule has 0 unspecified atom stereocenters. The number of aromatic nitrogens is 6. The molecular formula is C100H54N6O4S2. The van der Waals surface area contributed by atoms with E-state index in [1.807, 2.05) is 24.3 Å². The van der Waals surface area contributed by atoms with Crippen LogP contribution in [0.1, 0.15) is 0 Å². The first kappa shape index (κ1) is 61.5. The molecule has 0 fully saturated rings. The summed E-state index contributed by atoms with van der Waals surface area (Å²) < 4.78 is 35.5. The third-order valence-electron chi connectivity index (χ3n) is 22.8. The van der Waals surface area contributed by atoms with E-state index in [9.17, 15) is 0 Å². The van der Waals surface area contributed by atoms with Crippen molar-refractivity contribution < 1.29 is 17.7 Å². The molecule has 0 saturated carbocycles. The lowest BCUT2D eigenvalue weighted by Gasteiger charge is -2.10. The van der Waals surface area contributed by atoms with Gasteiger partial charge in [-0.05, 0) is 147 Å². The molecule has 0 aliphatic rings. The summed E-state index contributed by atoms with van der Waals surface area (Å²) in [6.45, 7) is 0. The molecule has 10 nitrogen and oxygen atoms in total. The van der Waals surface area contributed by atoms with E-state index in [4.69, 9.17) is 37.6 Å². The number of hydrogen-bond donors (Lipinski definition) is 0. The molecule has 520 valence electrons. The van der Waals surface area contributed by atoms with Gasteiger partial charge in [-0.3, -0.25) is 9.13 Å². The van der Waals surface area contributed by atoms with Crippen LogP contribution in [0.4, 0.5) is 0 Å². The zero-order valence-electron chi connectivity index (χ0n) is 59.3. The van der Waals surface area contributed by atoms with E-state index in [1.165, 1.54) is 53.2 Å². The highest BCUT2D eigenvalue weighted by Crippen LogP contribution is 2.49. The van der Waals surface area contributed by atoms with Gasteiger partial charge in [0.05, 0.1) is 64.7 Å². The lowest BCUT2D eigenvalue weighted by atomic mass is 9.98. The zero-order valence-corrected chi connectivity index (χ0v) is 60.9. The molecule has 16 aromatic carbocycles. The Labute approximate surface area is 642 Å². The number of thiophene rings is 2. The number of nitrogens with zero attached hydrogens (tertiary/aromatic N) is 6. The summed E-state index contributed by atoms with van der Waals surface area (Å²) in [5, 5.41) is 20.0. The monoisotopic (exact) mass is 1470 g/mol. The van der Waals surface area contributed by atoms with E-state index in [-0.39, 0.29) is 0 Å². The van der Waals surface area contributed by atoms with Crippen LogP contribution in [0, 0.1) is 0 Å². The Kier molecular flexibility index (Phi) is 12.9. The average molecular weight is 1470 g/mol. The van der Waals surface area contributed by atoms with E-state index in [1.54, 1.807) is 22.7 Å². The van der Waals surface area contributed by atoms with E-state index >= 15 is 0 Å². The number of benzene rings is 16. The third-order valence-corrected chi connectivity index (χ3v) is 25.2. The Bertz CT molecular complexity index is 8550. The van der Waals surface area contributed by atoms with Gasteiger partial charge in [-0.1, -0.05) is 224 Å². The maximum Gasteiger partial charge on any atom is 0.235 e. The first-order chi connectivity index (χ1) is 55.5.